The fourth-order valence-corrected chi connectivity index (χ4v) is 1.78. The van der Waals surface area contributed by atoms with Crippen molar-refractivity contribution in [3.8, 4) is 0 Å². The average Bonchev–Trinajstić information content (AvgIpc) is 2.48. The molecule has 3 nitrogen and oxygen atoms in total. The molecule has 2 aromatic rings. The molecule has 0 aliphatic rings. The van der Waals surface area contributed by atoms with Gasteiger partial charge in [0.2, 0.25) is 0 Å². The number of benzene rings is 2. The number of hydrogen-bond donors (Lipinski definition) is 1. The van der Waals surface area contributed by atoms with Gasteiger partial charge in [0.1, 0.15) is 5.82 Å². The summed E-state index contributed by atoms with van der Waals surface area (Å²) < 4.78 is 12.8. The highest BCUT2D eigenvalue weighted by atomic mass is 18.2. The van der Waals surface area contributed by atoms with Crippen LogP contribution in [0.1, 0.15) is 10.4 Å². The van der Waals surface area contributed by atoms with E-state index in [0.29, 0.717) is 5.56 Å². The molecule has 0 heterocycles. The number of anilines is 2. The molecule has 0 atom stereocenters. The largest absolute Gasteiger partial charge is 0.378 e. The molecule has 0 spiro atoms. The van der Waals surface area contributed by atoms with E-state index in [-0.39, 0.29) is 11.6 Å². The summed E-state index contributed by atoms with van der Waals surface area (Å²) in [6.45, 7) is 0. The van der Waals surface area contributed by atoms with Crippen LogP contribution in [0.25, 0.3) is 0 Å². The predicted octanol–water partition coefficient (Wildman–Crippen LogP) is 3.70. The SMILES string of the molecule is CN(C)c1ccc(N/C=C\C(=O)c2ccc([18F])cc2)cc1. The highest BCUT2D eigenvalue weighted by molar-refractivity contribution is 6.04. The predicted molar refractivity (Wildman–Crippen MR) is 84.3 cm³/mol. The van der Waals surface area contributed by atoms with Gasteiger partial charge in [0.15, 0.2) is 5.78 Å². The molecule has 108 valence electrons. The number of ketones is 1. The van der Waals surface area contributed by atoms with Crippen molar-refractivity contribution in [3.63, 3.8) is 0 Å². The van der Waals surface area contributed by atoms with E-state index < -0.39 is 0 Å². The van der Waals surface area contributed by atoms with E-state index in [1.165, 1.54) is 30.3 Å². The van der Waals surface area contributed by atoms with Crippen LogP contribution in [0.15, 0.2) is 60.8 Å². The van der Waals surface area contributed by atoms with Gasteiger partial charge >= 0.3 is 0 Å². The number of carbonyl (C=O) groups excluding carboxylic acids is 1. The first-order valence-electron chi connectivity index (χ1n) is 6.56. The minimum atomic E-state index is -0.352. The number of allylic oxidation sites excluding steroid dienone is 1. The van der Waals surface area contributed by atoms with Gasteiger partial charge in [-0.3, -0.25) is 4.79 Å². The lowest BCUT2D eigenvalue weighted by Gasteiger charge is -2.12. The topological polar surface area (TPSA) is 32.3 Å². The van der Waals surface area contributed by atoms with Crippen molar-refractivity contribution in [2.24, 2.45) is 0 Å². The van der Waals surface area contributed by atoms with Gasteiger partial charge in [-0.1, -0.05) is 0 Å². The van der Waals surface area contributed by atoms with E-state index >= 15 is 0 Å². The molecule has 0 saturated carbocycles. The van der Waals surface area contributed by atoms with Gasteiger partial charge in [-0.25, -0.2) is 4.39 Å². The molecule has 0 aliphatic carbocycles. The Kier molecular flexibility index (Phi) is 4.72. The molecule has 2 aromatic carbocycles. The monoisotopic (exact) mass is 283 g/mol. The van der Waals surface area contributed by atoms with Crippen molar-refractivity contribution in [1.29, 1.82) is 0 Å². The van der Waals surface area contributed by atoms with Gasteiger partial charge < -0.3 is 10.2 Å². The normalized spacial score (nSPS) is 10.6. The zero-order valence-electron chi connectivity index (χ0n) is 12.0. The lowest BCUT2D eigenvalue weighted by molar-refractivity contribution is 0.104. The third-order valence-corrected chi connectivity index (χ3v) is 3.00. The molecular weight excluding hydrogens is 266 g/mol. The standard InChI is InChI=1S/C17H17FN2O/c1-20(2)16-9-7-15(8-10-16)19-12-11-17(21)13-3-5-14(18)6-4-13/h3-12,19H,1-2H3/b12-11-/i18-1. The molecule has 0 unspecified atom stereocenters. The fraction of sp³-hybridized carbons (Fsp3) is 0.118. The molecule has 2 rings (SSSR count). The Labute approximate surface area is 123 Å². The molecular formula is C17H17FN2O. The van der Waals surface area contributed by atoms with Gasteiger partial charge in [-0.15, -0.1) is 0 Å². The molecule has 0 saturated heterocycles. The molecule has 0 aliphatic heterocycles. The molecule has 21 heavy (non-hydrogen) atoms. The zero-order chi connectivity index (χ0) is 15.2. The lowest BCUT2D eigenvalue weighted by Crippen LogP contribution is -2.08. The van der Waals surface area contributed by atoms with Crippen LogP contribution < -0.4 is 10.2 Å². The Morgan fingerprint density at radius 1 is 1.05 bits per heavy atom. The number of nitrogens with zero attached hydrogens (tertiary/aromatic N) is 1. The lowest BCUT2D eigenvalue weighted by atomic mass is 10.1. The van der Waals surface area contributed by atoms with Crippen LogP contribution in [0.4, 0.5) is 15.8 Å². The van der Waals surface area contributed by atoms with E-state index in [9.17, 15) is 9.18 Å². The second kappa shape index (κ2) is 6.70. The quantitative estimate of drug-likeness (QED) is 0.671. The molecule has 0 fully saturated rings. The van der Waals surface area contributed by atoms with Crippen LogP contribution in [0, 0.1) is 5.82 Å². The van der Waals surface area contributed by atoms with Gasteiger partial charge in [0.05, 0.1) is 0 Å². The Bertz CT molecular complexity index is 631. The summed E-state index contributed by atoms with van der Waals surface area (Å²) >= 11 is 0. The second-order valence-corrected chi connectivity index (χ2v) is 4.79. The third kappa shape index (κ3) is 4.18. The van der Waals surface area contributed by atoms with Crippen molar-refractivity contribution >= 4 is 17.2 Å². The molecule has 0 aromatic heterocycles. The van der Waals surface area contributed by atoms with Crippen LogP contribution in [0.3, 0.4) is 0 Å². The maximum Gasteiger partial charge on any atom is 0.187 e. The van der Waals surface area contributed by atoms with Crippen molar-refractivity contribution in [2.45, 2.75) is 0 Å². The summed E-state index contributed by atoms with van der Waals surface area (Å²) in [6, 6.07) is 13.3. The van der Waals surface area contributed by atoms with E-state index in [0.717, 1.165) is 11.4 Å². The van der Waals surface area contributed by atoms with Gasteiger partial charge in [-0.2, -0.15) is 0 Å². The minimum absolute atomic E-state index is 0.174. The molecule has 0 radical (unpaired) electrons. The summed E-state index contributed by atoms with van der Waals surface area (Å²) in [6.07, 6.45) is 3.00. The first kappa shape index (κ1) is 14.8. The van der Waals surface area contributed by atoms with Crippen LogP contribution >= 0.6 is 0 Å². The van der Waals surface area contributed by atoms with Crippen molar-refractivity contribution in [2.75, 3.05) is 24.3 Å². The summed E-state index contributed by atoms with van der Waals surface area (Å²) in [4.78, 5) is 13.8. The smallest absolute Gasteiger partial charge is 0.187 e. The summed E-state index contributed by atoms with van der Waals surface area (Å²) in [7, 11) is 3.95. The highest BCUT2D eigenvalue weighted by Crippen LogP contribution is 2.15. The van der Waals surface area contributed by atoms with Crippen molar-refractivity contribution in [3.05, 3.63) is 72.2 Å². The fourth-order valence-electron chi connectivity index (χ4n) is 1.78. The first-order chi connectivity index (χ1) is 10.1. The molecule has 4 heteroatoms. The van der Waals surface area contributed by atoms with E-state index in [1.807, 2.05) is 43.3 Å². The summed E-state index contributed by atoms with van der Waals surface area (Å²) in [5.74, 6) is -0.526. The number of nitrogens with one attached hydrogen (secondary N) is 1. The van der Waals surface area contributed by atoms with Crippen molar-refractivity contribution in [1.82, 2.24) is 0 Å². The van der Waals surface area contributed by atoms with Crippen LogP contribution in [-0.4, -0.2) is 19.9 Å². The molecule has 0 bridgehead atoms. The Balaban J connectivity index is 1.95. The number of hydrogen-bond acceptors (Lipinski definition) is 3. The Morgan fingerprint density at radius 3 is 2.24 bits per heavy atom. The van der Waals surface area contributed by atoms with Gasteiger partial charge in [-0.05, 0) is 48.5 Å². The minimum Gasteiger partial charge on any atom is -0.378 e. The molecule has 1 N–H and O–H groups in total. The second-order valence-electron chi connectivity index (χ2n) is 4.79. The third-order valence-electron chi connectivity index (χ3n) is 3.00. The Morgan fingerprint density at radius 2 is 1.67 bits per heavy atom. The zero-order valence-corrected chi connectivity index (χ0v) is 12.0. The summed E-state index contributed by atoms with van der Waals surface area (Å²) in [5, 5.41) is 3.03. The maximum atomic E-state index is 12.8. The number of carbonyl (C=O) groups is 1. The summed E-state index contributed by atoms with van der Waals surface area (Å²) in [5.41, 5.74) is 2.45. The van der Waals surface area contributed by atoms with E-state index in [4.69, 9.17) is 0 Å². The first-order valence-corrected chi connectivity index (χ1v) is 6.56. The number of rotatable bonds is 5. The van der Waals surface area contributed by atoms with Gasteiger partial charge in [0, 0.05) is 43.3 Å². The number of halogens is 1. The van der Waals surface area contributed by atoms with Crippen LogP contribution in [0.2, 0.25) is 0 Å². The van der Waals surface area contributed by atoms with E-state index in [1.54, 1.807) is 6.20 Å². The van der Waals surface area contributed by atoms with Crippen LogP contribution in [-0.2, 0) is 0 Å². The molecule has 0 amide bonds. The highest BCUT2D eigenvalue weighted by Gasteiger charge is 2.01. The van der Waals surface area contributed by atoms with E-state index in [2.05, 4.69) is 5.32 Å². The van der Waals surface area contributed by atoms with Crippen LogP contribution in [0.5, 0.6) is 0 Å². The Hall–Kier alpha value is -2.62. The van der Waals surface area contributed by atoms with Gasteiger partial charge in [0.25, 0.3) is 0 Å². The average molecular weight is 283 g/mol. The van der Waals surface area contributed by atoms with Crippen molar-refractivity contribution < 1.29 is 9.18 Å². The maximum absolute atomic E-state index is 12.8.